The Morgan fingerprint density at radius 2 is 1.14 bits per heavy atom. The Bertz CT molecular complexity index is 325. The van der Waals surface area contributed by atoms with E-state index in [2.05, 4.69) is 40.0 Å². The Hall–Kier alpha value is -0.860. The molecule has 0 radical (unpaired) electrons. The van der Waals surface area contributed by atoms with E-state index in [1.165, 1.54) is 33.4 Å². The molecule has 0 spiro atoms. The molecule has 0 atom stereocenters. The second-order valence-corrected chi connectivity index (χ2v) is 3.98. The third-order valence-electron chi connectivity index (χ3n) is 3.43. The quantitative estimate of drug-likeness (QED) is 0.557. The van der Waals surface area contributed by atoms with Crippen LogP contribution in [-0.4, -0.2) is 0 Å². The molecule has 0 bridgehead atoms. The van der Waals surface area contributed by atoms with Crippen LogP contribution in [0.2, 0.25) is 0 Å². The van der Waals surface area contributed by atoms with Gasteiger partial charge >= 0.3 is 0 Å². The lowest BCUT2D eigenvalue weighted by molar-refractivity contribution is 0.731. The summed E-state index contributed by atoms with van der Waals surface area (Å²) in [5.74, 6) is 5.39. The Kier molecular flexibility index (Phi) is 3.29. The summed E-state index contributed by atoms with van der Waals surface area (Å²) in [5.41, 5.74) is 11.0. The van der Waals surface area contributed by atoms with Gasteiger partial charge in [-0.25, -0.2) is 0 Å². The van der Waals surface area contributed by atoms with Crippen molar-refractivity contribution in [1.82, 2.24) is 5.43 Å². The lowest BCUT2D eigenvalue weighted by Crippen LogP contribution is -2.22. The first kappa shape index (κ1) is 11.2. The molecule has 1 rings (SSSR count). The molecule has 78 valence electrons. The van der Waals surface area contributed by atoms with Gasteiger partial charge in [-0.05, 0) is 68.0 Å². The lowest BCUT2D eigenvalue weighted by Gasteiger charge is -2.18. The first-order valence-corrected chi connectivity index (χ1v) is 5.00. The standard InChI is InChI=1S/C12H20N2/c1-7-8(2)10(4)12(6-14-13)11(5)9(7)3/h14H,6,13H2,1-5H3. The van der Waals surface area contributed by atoms with Gasteiger partial charge in [0.1, 0.15) is 0 Å². The molecule has 0 heterocycles. The van der Waals surface area contributed by atoms with Crippen molar-refractivity contribution in [3.63, 3.8) is 0 Å². The van der Waals surface area contributed by atoms with E-state index in [-0.39, 0.29) is 0 Å². The van der Waals surface area contributed by atoms with Gasteiger partial charge in [-0.2, -0.15) is 0 Å². The predicted molar refractivity (Wildman–Crippen MR) is 61.2 cm³/mol. The minimum absolute atomic E-state index is 0.750. The molecule has 1 aromatic rings. The average molecular weight is 192 g/mol. The van der Waals surface area contributed by atoms with Crippen LogP contribution in [0, 0.1) is 34.6 Å². The normalized spacial score (nSPS) is 10.7. The lowest BCUT2D eigenvalue weighted by atomic mass is 9.90. The van der Waals surface area contributed by atoms with Crippen LogP contribution in [-0.2, 0) is 6.54 Å². The second-order valence-electron chi connectivity index (χ2n) is 3.98. The molecule has 1 aromatic carbocycles. The van der Waals surface area contributed by atoms with Crippen molar-refractivity contribution >= 4 is 0 Å². The van der Waals surface area contributed by atoms with Crippen molar-refractivity contribution in [1.29, 1.82) is 0 Å². The molecule has 0 fully saturated rings. The summed E-state index contributed by atoms with van der Waals surface area (Å²) in [7, 11) is 0. The van der Waals surface area contributed by atoms with Crippen LogP contribution >= 0.6 is 0 Å². The highest BCUT2D eigenvalue weighted by atomic mass is 15.2. The summed E-state index contributed by atoms with van der Waals surface area (Å²) in [5, 5.41) is 0. The highest BCUT2D eigenvalue weighted by molar-refractivity contribution is 5.49. The SMILES string of the molecule is Cc1c(C)c(C)c(CNN)c(C)c1C. The zero-order valence-corrected chi connectivity index (χ0v) is 9.78. The van der Waals surface area contributed by atoms with E-state index in [0.29, 0.717) is 0 Å². The third-order valence-corrected chi connectivity index (χ3v) is 3.43. The molecule has 0 saturated heterocycles. The number of hydrogen-bond acceptors (Lipinski definition) is 2. The van der Waals surface area contributed by atoms with Gasteiger partial charge in [0.2, 0.25) is 0 Å². The Morgan fingerprint density at radius 3 is 1.50 bits per heavy atom. The fourth-order valence-corrected chi connectivity index (χ4v) is 1.94. The van der Waals surface area contributed by atoms with Crippen molar-refractivity contribution in [3.8, 4) is 0 Å². The summed E-state index contributed by atoms with van der Waals surface area (Å²) in [6, 6.07) is 0. The number of hydrazine groups is 1. The molecule has 0 amide bonds. The van der Waals surface area contributed by atoms with Crippen molar-refractivity contribution in [2.24, 2.45) is 5.84 Å². The van der Waals surface area contributed by atoms with Gasteiger partial charge < -0.3 is 0 Å². The van der Waals surface area contributed by atoms with Gasteiger partial charge in [0.05, 0.1) is 0 Å². The minimum atomic E-state index is 0.750. The number of benzene rings is 1. The third kappa shape index (κ3) is 1.68. The molecule has 0 aliphatic carbocycles. The molecule has 0 aliphatic rings. The topological polar surface area (TPSA) is 38.0 Å². The molecule has 14 heavy (non-hydrogen) atoms. The van der Waals surface area contributed by atoms with Gasteiger partial charge in [-0.1, -0.05) is 0 Å². The number of rotatable bonds is 2. The zero-order chi connectivity index (χ0) is 10.9. The Balaban J connectivity index is 3.43. The molecule has 0 aliphatic heterocycles. The van der Waals surface area contributed by atoms with Crippen LogP contribution < -0.4 is 11.3 Å². The van der Waals surface area contributed by atoms with Crippen LogP contribution in [0.15, 0.2) is 0 Å². The Morgan fingerprint density at radius 1 is 0.786 bits per heavy atom. The van der Waals surface area contributed by atoms with Gasteiger partial charge in [0.15, 0.2) is 0 Å². The summed E-state index contributed by atoms with van der Waals surface area (Å²) in [4.78, 5) is 0. The molecule has 2 heteroatoms. The maximum Gasteiger partial charge on any atom is 0.0354 e. The smallest absolute Gasteiger partial charge is 0.0354 e. The van der Waals surface area contributed by atoms with Crippen LogP contribution in [0.4, 0.5) is 0 Å². The number of nitrogens with one attached hydrogen (secondary N) is 1. The van der Waals surface area contributed by atoms with Gasteiger partial charge in [0, 0.05) is 6.54 Å². The van der Waals surface area contributed by atoms with E-state index < -0.39 is 0 Å². The molecule has 3 N–H and O–H groups in total. The summed E-state index contributed by atoms with van der Waals surface area (Å²) < 4.78 is 0. The summed E-state index contributed by atoms with van der Waals surface area (Å²) >= 11 is 0. The van der Waals surface area contributed by atoms with E-state index in [1.54, 1.807) is 0 Å². The van der Waals surface area contributed by atoms with E-state index in [9.17, 15) is 0 Å². The number of hydrogen-bond donors (Lipinski definition) is 2. The Labute approximate surface area is 86.5 Å². The van der Waals surface area contributed by atoms with Crippen LogP contribution in [0.5, 0.6) is 0 Å². The van der Waals surface area contributed by atoms with Gasteiger partial charge in [-0.3, -0.25) is 11.3 Å². The van der Waals surface area contributed by atoms with Crippen molar-refractivity contribution < 1.29 is 0 Å². The molecule has 0 aromatic heterocycles. The summed E-state index contributed by atoms with van der Waals surface area (Å²) in [6.45, 7) is 11.6. The van der Waals surface area contributed by atoms with Crippen molar-refractivity contribution in [3.05, 3.63) is 33.4 Å². The fourth-order valence-electron chi connectivity index (χ4n) is 1.94. The largest absolute Gasteiger partial charge is 0.271 e. The molecular formula is C12H20N2. The average Bonchev–Trinajstić information content (AvgIpc) is 2.19. The molecule has 0 saturated carbocycles. The van der Waals surface area contributed by atoms with Gasteiger partial charge in [-0.15, -0.1) is 0 Å². The highest BCUT2D eigenvalue weighted by Gasteiger charge is 2.10. The van der Waals surface area contributed by atoms with E-state index in [1.807, 2.05) is 0 Å². The monoisotopic (exact) mass is 192 g/mol. The maximum atomic E-state index is 5.39. The first-order valence-electron chi connectivity index (χ1n) is 5.00. The highest BCUT2D eigenvalue weighted by Crippen LogP contribution is 2.25. The van der Waals surface area contributed by atoms with Crippen molar-refractivity contribution in [2.75, 3.05) is 0 Å². The molecule has 2 nitrogen and oxygen atoms in total. The van der Waals surface area contributed by atoms with Crippen LogP contribution in [0.3, 0.4) is 0 Å². The van der Waals surface area contributed by atoms with E-state index in [0.717, 1.165) is 6.54 Å². The van der Waals surface area contributed by atoms with Gasteiger partial charge in [0.25, 0.3) is 0 Å². The molecule has 0 unspecified atom stereocenters. The molecular weight excluding hydrogens is 172 g/mol. The van der Waals surface area contributed by atoms with E-state index in [4.69, 9.17) is 5.84 Å². The van der Waals surface area contributed by atoms with E-state index >= 15 is 0 Å². The summed E-state index contributed by atoms with van der Waals surface area (Å²) in [6.07, 6.45) is 0. The fraction of sp³-hybridized carbons (Fsp3) is 0.500. The van der Waals surface area contributed by atoms with Crippen molar-refractivity contribution in [2.45, 2.75) is 41.2 Å². The number of nitrogens with two attached hydrogens (primary N) is 1. The zero-order valence-electron chi connectivity index (χ0n) is 9.78. The minimum Gasteiger partial charge on any atom is -0.271 e. The van der Waals surface area contributed by atoms with Crippen LogP contribution in [0.1, 0.15) is 33.4 Å². The second kappa shape index (κ2) is 4.11. The van der Waals surface area contributed by atoms with Crippen LogP contribution in [0.25, 0.3) is 0 Å². The maximum absolute atomic E-state index is 5.39. The predicted octanol–water partition coefficient (Wildman–Crippen LogP) is 2.19. The first-order chi connectivity index (χ1) is 6.50.